The van der Waals surface area contributed by atoms with E-state index in [2.05, 4.69) is 5.10 Å². The standard InChI is InChI=1S/C17H15FN2O2/c1-2-15-16(22-14-6-4-3-5-7-14)17(21)20(19-15)13-10-8-12(18)9-11-13/h3-11,16H,2H2,1H3. The highest BCUT2D eigenvalue weighted by Crippen LogP contribution is 2.24. The summed E-state index contributed by atoms with van der Waals surface area (Å²) >= 11 is 0. The van der Waals surface area contributed by atoms with Crippen LogP contribution in [-0.2, 0) is 4.79 Å². The van der Waals surface area contributed by atoms with Gasteiger partial charge in [0.25, 0.3) is 5.91 Å². The van der Waals surface area contributed by atoms with E-state index in [1.807, 2.05) is 25.1 Å². The topological polar surface area (TPSA) is 41.9 Å². The van der Waals surface area contributed by atoms with Gasteiger partial charge in [-0.05, 0) is 42.8 Å². The molecule has 0 spiro atoms. The van der Waals surface area contributed by atoms with Crippen LogP contribution < -0.4 is 9.75 Å². The molecule has 0 aromatic heterocycles. The molecule has 0 bridgehead atoms. The Morgan fingerprint density at radius 3 is 2.45 bits per heavy atom. The lowest BCUT2D eigenvalue weighted by atomic mass is 10.1. The maximum atomic E-state index is 13.0. The molecule has 112 valence electrons. The lowest BCUT2D eigenvalue weighted by Crippen LogP contribution is -2.36. The Balaban J connectivity index is 1.86. The largest absolute Gasteiger partial charge is 0.474 e. The van der Waals surface area contributed by atoms with Gasteiger partial charge in [0.1, 0.15) is 11.6 Å². The minimum absolute atomic E-state index is 0.271. The van der Waals surface area contributed by atoms with Crippen LogP contribution in [-0.4, -0.2) is 17.7 Å². The van der Waals surface area contributed by atoms with Gasteiger partial charge in [-0.25, -0.2) is 4.39 Å². The fraction of sp³-hybridized carbons (Fsp3) is 0.176. The second kappa shape index (κ2) is 5.97. The smallest absolute Gasteiger partial charge is 0.294 e. The van der Waals surface area contributed by atoms with E-state index in [1.165, 1.54) is 29.3 Å². The number of nitrogens with zero attached hydrogens (tertiary/aromatic N) is 2. The predicted octanol–water partition coefficient (Wildman–Crippen LogP) is 3.39. The molecular weight excluding hydrogens is 283 g/mol. The number of hydrogen-bond acceptors (Lipinski definition) is 3. The lowest BCUT2D eigenvalue weighted by molar-refractivity contribution is -0.121. The maximum absolute atomic E-state index is 13.0. The Morgan fingerprint density at radius 1 is 1.14 bits per heavy atom. The molecule has 1 amide bonds. The summed E-state index contributed by atoms with van der Waals surface area (Å²) in [6, 6.07) is 14.8. The third kappa shape index (κ3) is 2.70. The molecule has 3 rings (SSSR count). The normalized spacial score (nSPS) is 17.5. The van der Waals surface area contributed by atoms with Gasteiger partial charge in [0.15, 0.2) is 0 Å². The summed E-state index contributed by atoms with van der Waals surface area (Å²) in [5.41, 5.74) is 1.18. The molecule has 2 aromatic carbocycles. The minimum atomic E-state index is -0.738. The van der Waals surface area contributed by atoms with Crippen LogP contribution in [0.3, 0.4) is 0 Å². The van der Waals surface area contributed by atoms with E-state index in [-0.39, 0.29) is 11.7 Å². The van der Waals surface area contributed by atoms with E-state index in [0.717, 1.165) is 0 Å². The number of hydrogen-bond donors (Lipinski definition) is 0. The Kier molecular flexibility index (Phi) is 3.87. The molecule has 0 radical (unpaired) electrons. The van der Waals surface area contributed by atoms with E-state index in [1.54, 1.807) is 12.1 Å². The van der Waals surface area contributed by atoms with Crippen molar-refractivity contribution in [3.05, 3.63) is 60.4 Å². The zero-order valence-corrected chi connectivity index (χ0v) is 12.1. The van der Waals surface area contributed by atoms with Crippen molar-refractivity contribution >= 4 is 17.3 Å². The zero-order valence-electron chi connectivity index (χ0n) is 12.1. The summed E-state index contributed by atoms with van der Waals surface area (Å²) in [4.78, 5) is 12.6. The number of carbonyl (C=O) groups excluding carboxylic acids is 1. The van der Waals surface area contributed by atoms with Crippen molar-refractivity contribution in [3.63, 3.8) is 0 Å². The summed E-state index contributed by atoms with van der Waals surface area (Å²) in [6.45, 7) is 1.92. The molecule has 0 saturated heterocycles. The molecule has 1 aliphatic heterocycles. The van der Waals surface area contributed by atoms with Gasteiger partial charge in [-0.2, -0.15) is 10.1 Å². The molecule has 0 fully saturated rings. The predicted molar refractivity (Wildman–Crippen MR) is 82.5 cm³/mol. The van der Waals surface area contributed by atoms with E-state index in [9.17, 15) is 9.18 Å². The summed E-state index contributed by atoms with van der Waals surface area (Å²) in [5, 5.41) is 5.59. The summed E-state index contributed by atoms with van der Waals surface area (Å²) in [7, 11) is 0. The van der Waals surface area contributed by atoms with Crippen molar-refractivity contribution in [2.75, 3.05) is 5.01 Å². The molecular formula is C17H15FN2O2. The van der Waals surface area contributed by atoms with Crippen LogP contribution in [0.2, 0.25) is 0 Å². The molecule has 22 heavy (non-hydrogen) atoms. The first-order valence-corrected chi connectivity index (χ1v) is 7.07. The molecule has 5 heteroatoms. The van der Waals surface area contributed by atoms with Crippen molar-refractivity contribution < 1.29 is 13.9 Å². The number of amides is 1. The van der Waals surface area contributed by atoms with Crippen LogP contribution in [0.5, 0.6) is 5.75 Å². The van der Waals surface area contributed by atoms with Crippen molar-refractivity contribution in [3.8, 4) is 5.75 Å². The minimum Gasteiger partial charge on any atom is -0.474 e. The Morgan fingerprint density at radius 2 is 1.82 bits per heavy atom. The Bertz CT molecular complexity index is 698. The number of anilines is 1. The van der Waals surface area contributed by atoms with Gasteiger partial charge in [0.2, 0.25) is 6.10 Å². The lowest BCUT2D eigenvalue weighted by Gasteiger charge is -2.15. The van der Waals surface area contributed by atoms with Gasteiger partial charge in [-0.15, -0.1) is 0 Å². The van der Waals surface area contributed by atoms with Crippen LogP contribution in [0.25, 0.3) is 0 Å². The van der Waals surface area contributed by atoms with Gasteiger partial charge < -0.3 is 4.74 Å². The molecule has 1 heterocycles. The van der Waals surface area contributed by atoms with Gasteiger partial charge in [-0.1, -0.05) is 25.1 Å². The maximum Gasteiger partial charge on any atom is 0.294 e. The van der Waals surface area contributed by atoms with E-state index in [4.69, 9.17) is 4.74 Å². The second-order valence-electron chi connectivity index (χ2n) is 4.88. The van der Waals surface area contributed by atoms with Gasteiger partial charge in [0.05, 0.1) is 11.4 Å². The number of halogens is 1. The first-order chi connectivity index (χ1) is 10.7. The SMILES string of the molecule is CCC1=NN(c2ccc(F)cc2)C(=O)C1Oc1ccccc1. The second-order valence-corrected chi connectivity index (χ2v) is 4.88. The third-order valence-electron chi connectivity index (χ3n) is 3.39. The first kappa shape index (κ1) is 14.3. The molecule has 1 unspecified atom stereocenters. The first-order valence-electron chi connectivity index (χ1n) is 7.07. The summed E-state index contributed by atoms with van der Waals surface area (Å²) < 4.78 is 18.8. The number of carbonyl (C=O) groups is 1. The number of benzene rings is 2. The average molecular weight is 298 g/mol. The van der Waals surface area contributed by atoms with Crippen LogP contribution in [0.4, 0.5) is 10.1 Å². The molecule has 1 atom stereocenters. The highest BCUT2D eigenvalue weighted by molar-refractivity contribution is 6.18. The quantitative estimate of drug-likeness (QED) is 0.868. The van der Waals surface area contributed by atoms with Crippen molar-refractivity contribution in [2.24, 2.45) is 5.10 Å². The van der Waals surface area contributed by atoms with Gasteiger partial charge in [-0.3, -0.25) is 4.79 Å². The van der Waals surface area contributed by atoms with E-state index in [0.29, 0.717) is 23.6 Å². The molecule has 2 aromatic rings. The highest BCUT2D eigenvalue weighted by atomic mass is 19.1. The van der Waals surface area contributed by atoms with Gasteiger partial charge in [0, 0.05) is 0 Å². The molecule has 0 aliphatic carbocycles. The number of rotatable bonds is 4. The molecule has 1 aliphatic rings. The van der Waals surface area contributed by atoms with E-state index < -0.39 is 6.10 Å². The monoisotopic (exact) mass is 298 g/mol. The van der Waals surface area contributed by atoms with Crippen molar-refractivity contribution in [2.45, 2.75) is 19.4 Å². The van der Waals surface area contributed by atoms with Gasteiger partial charge >= 0.3 is 0 Å². The highest BCUT2D eigenvalue weighted by Gasteiger charge is 2.37. The van der Waals surface area contributed by atoms with Crippen LogP contribution in [0.1, 0.15) is 13.3 Å². The zero-order chi connectivity index (χ0) is 15.5. The third-order valence-corrected chi connectivity index (χ3v) is 3.39. The van der Waals surface area contributed by atoms with Crippen molar-refractivity contribution in [1.82, 2.24) is 0 Å². The number of para-hydroxylation sites is 1. The number of hydrazone groups is 1. The Labute approximate surface area is 127 Å². The average Bonchev–Trinajstić information content (AvgIpc) is 2.86. The van der Waals surface area contributed by atoms with Crippen LogP contribution in [0.15, 0.2) is 59.7 Å². The summed E-state index contributed by atoms with van der Waals surface area (Å²) in [5.74, 6) is -0.0116. The Hall–Kier alpha value is -2.69. The molecule has 0 N–H and O–H groups in total. The van der Waals surface area contributed by atoms with Crippen LogP contribution in [0, 0.1) is 5.82 Å². The summed E-state index contributed by atoms with van der Waals surface area (Å²) in [6.07, 6.45) is -0.140. The fourth-order valence-corrected chi connectivity index (χ4v) is 2.26. The number of ether oxygens (including phenoxy) is 1. The van der Waals surface area contributed by atoms with Crippen LogP contribution >= 0.6 is 0 Å². The van der Waals surface area contributed by atoms with E-state index >= 15 is 0 Å². The molecule has 0 saturated carbocycles. The van der Waals surface area contributed by atoms with Crippen molar-refractivity contribution in [1.29, 1.82) is 0 Å². The molecule has 4 nitrogen and oxygen atoms in total. The fourth-order valence-electron chi connectivity index (χ4n) is 2.26.